The first-order chi connectivity index (χ1) is 14.9. The normalized spacial score (nSPS) is 11.3. The maximum absolute atomic E-state index is 5.98. The number of pyridine rings is 1. The third-order valence-electron chi connectivity index (χ3n) is 5.56. The zero-order chi connectivity index (χ0) is 19.9. The zero-order valence-corrected chi connectivity index (χ0v) is 16.2. The number of fused-ring (bicyclic) bond motifs is 4. The first kappa shape index (κ1) is 16.8. The highest BCUT2D eigenvalue weighted by Crippen LogP contribution is 2.36. The minimum Gasteiger partial charge on any atom is -0.454 e. The third-order valence-corrected chi connectivity index (χ3v) is 5.56. The highest BCUT2D eigenvalue weighted by molar-refractivity contribution is 6.12. The summed E-state index contributed by atoms with van der Waals surface area (Å²) in [6.07, 6.45) is 3.58. The Labute approximate surface area is 173 Å². The van der Waals surface area contributed by atoms with Crippen molar-refractivity contribution in [1.29, 1.82) is 0 Å². The Morgan fingerprint density at radius 1 is 0.667 bits per heavy atom. The fourth-order valence-corrected chi connectivity index (χ4v) is 4.14. The van der Waals surface area contributed by atoms with Crippen molar-refractivity contribution in [2.75, 3.05) is 5.32 Å². The highest BCUT2D eigenvalue weighted by Gasteiger charge is 2.12. The largest absolute Gasteiger partial charge is 0.454 e. The lowest BCUT2D eigenvalue weighted by molar-refractivity contribution is 0.667. The van der Waals surface area contributed by atoms with E-state index in [1.807, 2.05) is 24.4 Å². The van der Waals surface area contributed by atoms with Crippen LogP contribution in [0.25, 0.3) is 43.8 Å². The fraction of sp³-hybridized carbons (Fsp3) is 0. The van der Waals surface area contributed by atoms with Gasteiger partial charge in [-0.05, 0) is 46.8 Å². The predicted octanol–water partition coefficient (Wildman–Crippen LogP) is 7.54. The molecule has 2 heterocycles. The Morgan fingerprint density at radius 2 is 1.50 bits per heavy atom. The van der Waals surface area contributed by atoms with Gasteiger partial charge in [-0.15, -0.1) is 0 Å². The van der Waals surface area contributed by atoms with E-state index in [0.29, 0.717) is 0 Å². The standard InChI is InChI=1S/C27H18N2O/c1-2-7-21-18(5-1)6-3-9-24(21)29-20-13-11-19(12-14-20)22-8-4-10-25-27(22)23-15-16-28-17-26(23)30-25/h1-17,29H. The lowest BCUT2D eigenvalue weighted by Crippen LogP contribution is -1.91. The number of nitrogens with zero attached hydrogens (tertiary/aromatic N) is 1. The van der Waals surface area contributed by atoms with Crippen LogP contribution in [0.1, 0.15) is 0 Å². The average Bonchev–Trinajstić information content (AvgIpc) is 3.19. The van der Waals surface area contributed by atoms with Crippen LogP contribution in [0.15, 0.2) is 108 Å². The first-order valence-corrected chi connectivity index (χ1v) is 9.97. The molecule has 3 nitrogen and oxygen atoms in total. The molecule has 6 aromatic rings. The Kier molecular flexibility index (Phi) is 3.78. The number of rotatable bonds is 3. The van der Waals surface area contributed by atoms with E-state index in [4.69, 9.17) is 4.42 Å². The van der Waals surface area contributed by atoms with Gasteiger partial charge in [-0.2, -0.15) is 0 Å². The van der Waals surface area contributed by atoms with Gasteiger partial charge < -0.3 is 9.73 Å². The van der Waals surface area contributed by atoms with Crippen LogP contribution in [0, 0.1) is 0 Å². The molecular weight excluding hydrogens is 368 g/mol. The molecule has 0 bridgehead atoms. The summed E-state index contributed by atoms with van der Waals surface area (Å²) in [5, 5.41) is 8.23. The van der Waals surface area contributed by atoms with Gasteiger partial charge in [0.15, 0.2) is 5.58 Å². The summed E-state index contributed by atoms with van der Waals surface area (Å²) in [6.45, 7) is 0. The van der Waals surface area contributed by atoms with Crippen molar-refractivity contribution in [1.82, 2.24) is 4.98 Å². The molecule has 0 spiro atoms. The van der Waals surface area contributed by atoms with E-state index in [-0.39, 0.29) is 0 Å². The molecule has 0 amide bonds. The monoisotopic (exact) mass is 386 g/mol. The molecule has 0 saturated heterocycles. The lowest BCUT2D eigenvalue weighted by Gasteiger charge is -2.11. The van der Waals surface area contributed by atoms with E-state index >= 15 is 0 Å². The van der Waals surface area contributed by atoms with Gasteiger partial charge in [0.05, 0.1) is 6.20 Å². The summed E-state index contributed by atoms with van der Waals surface area (Å²) in [6, 6.07) is 31.5. The summed E-state index contributed by atoms with van der Waals surface area (Å²) in [5.41, 5.74) is 6.18. The maximum atomic E-state index is 5.98. The number of benzene rings is 4. The van der Waals surface area contributed by atoms with Crippen molar-refractivity contribution in [3.63, 3.8) is 0 Å². The molecule has 2 aromatic heterocycles. The van der Waals surface area contributed by atoms with E-state index < -0.39 is 0 Å². The molecule has 3 heteroatoms. The van der Waals surface area contributed by atoms with Crippen molar-refractivity contribution in [2.24, 2.45) is 0 Å². The average molecular weight is 386 g/mol. The SMILES string of the molecule is c1ccc2c(Nc3ccc(-c4cccc5oc6cnccc6c45)cc3)cccc2c1. The van der Waals surface area contributed by atoms with Crippen LogP contribution in [-0.4, -0.2) is 4.98 Å². The van der Waals surface area contributed by atoms with Gasteiger partial charge in [-0.1, -0.05) is 60.7 Å². The molecule has 0 radical (unpaired) electrons. The molecule has 0 aliphatic heterocycles. The van der Waals surface area contributed by atoms with Gasteiger partial charge in [0, 0.05) is 33.7 Å². The molecule has 0 aliphatic carbocycles. The minimum atomic E-state index is 0.814. The number of aromatic nitrogens is 1. The Morgan fingerprint density at radius 3 is 2.43 bits per heavy atom. The third kappa shape index (κ3) is 2.72. The van der Waals surface area contributed by atoms with Crippen LogP contribution in [0.3, 0.4) is 0 Å². The summed E-state index contributed by atoms with van der Waals surface area (Å²) >= 11 is 0. The maximum Gasteiger partial charge on any atom is 0.153 e. The molecule has 0 fully saturated rings. The number of anilines is 2. The van der Waals surface area contributed by atoms with Crippen LogP contribution in [0.2, 0.25) is 0 Å². The second-order valence-corrected chi connectivity index (χ2v) is 7.38. The molecule has 0 unspecified atom stereocenters. The molecule has 6 rings (SSSR count). The fourth-order valence-electron chi connectivity index (χ4n) is 4.14. The van der Waals surface area contributed by atoms with Gasteiger partial charge in [-0.3, -0.25) is 4.98 Å². The van der Waals surface area contributed by atoms with Gasteiger partial charge >= 0.3 is 0 Å². The molecule has 0 atom stereocenters. The van der Waals surface area contributed by atoms with Crippen molar-refractivity contribution in [2.45, 2.75) is 0 Å². The van der Waals surface area contributed by atoms with E-state index in [1.165, 1.54) is 10.8 Å². The molecule has 0 aliphatic rings. The number of furan rings is 1. The summed E-state index contributed by atoms with van der Waals surface area (Å²) < 4.78 is 5.98. The molecular formula is C27H18N2O. The van der Waals surface area contributed by atoms with E-state index in [1.54, 1.807) is 6.20 Å². The van der Waals surface area contributed by atoms with Gasteiger partial charge in [0.2, 0.25) is 0 Å². The second-order valence-electron chi connectivity index (χ2n) is 7.38. The molecule has 142 valence electrons. The summed E-state index contributed by atoms with van der Waals surface area (Å²) in [4.78, 5) is 4.18. The Hall–Kier alpha value is -4.11. The number of nitrogens with one attached hydrogen (secondary N) is 1. The topological polar surface area (TPSA) is 38.1 Å². The molecule has 4 aromatic carbocycles. The Bertz CT molecular complexity index is 1510. The Balaban J connectivity index is 1.40. The van der Waals surface area contributed by atoms with Crippen molar-refractivity contribution < 1.29 is 4.42 Å². The first-order valence-electron chi connectivity index (χ1n) is 9.97. The van der Waals surface area contributed by atoms with Gasteiger partial charge in [-0.25, -0.2) is 0 Å². The van der Waals surface area contributed by atoms with Crippen LogP contribution in [-0.2, 0) is 0 Å². The van der Waals surface area contributed by atoms with Crippen LogP contribution in [0.4, 0.5) is 11.4 Å². The van der Waals surface area contributed by atoms with Crippen LogP contribution in [0.5, 0.6) is 0 Å². The number of hydrogen-bond acceptors (Lipinski definition) is 3. The number of hydrogen-bond donors (Lipinski definition) is 1. The van der Waals surface area contributed by atoms with Crippen molar-refractivity contribution >= 4 is 44.1 Å². The van der Waals surface area contributed by atoms with Gasteiger partial charge in [0.25, 0.3) is 0 Å². The van der Waals surface area contributed by atoms with Crippen LogP contribution >= 0.6 is 0 Å². The summed E-state index contributed by atoms with van der Waals surface area (Å²) in [5.74, 6) is 0. The van der Waals surface area contributed by atoms with Crippen LogP contribution < -0.4 is 5.32 Å². The molecule has 0 saturated carbocycles. The molecule has 1 N–H and O–H groups in total. The van der Waals surface area contributed by atoms with Crippen molar-refractivity contribution in [3.05, 3.63) is 103 Å². The highest BCUT2D eigenvalue weighted by atomic mass is 16.3. The van der Waals surface area contributed by atoms with E-state index in [2.05, 4.69) is 83.1 Å². The molecule has 30 heavy (non-hydrogen) atoms. The van der Waals surface area contributed by atoms with Gasteiger partial charge in [0.1, 0.15) is 5.58 Å². The summed E-state index contributed by atoms with van der Waals surface area (Å²) in [7, 11) is 0. The smallest absolute Gasteiger partial charge is 0.153 e. The second kappa shape index (κ2) is 6.75. The predicted molar refractivity (Wildman–Crippen MR) is 124 cm³/mol. The van der Waals surface area contributed by atoms with E-state index in [9.17, 15) is 0 Å². The quantitative estimate of drug-likeness (QED) is 0.341. The minimum absolute atomic E-state index is 0.814. The van der Waals surface area contributed by atoms with E-state index in [0.717, 1.165) is 44.4 Å². The van der Waals surface area contributed by atoms with Crippen molar-refractivity contribution in [3.8, 4) is 11.1 Å². The lowest BCUT2D eigenvalue weighted by atomic mass is 9.99. The zero-order valence-electron chi connectivity index (χ0n) is 16.2.